The first kappa shape index (κ1) is 14.6. The van der Waals surface area contributed by atoms with Crippen molar-refractivity contribution in [2.24, 2.45) is 0 Å². The standard InChI is InChI=1S/C15H24N2O/c1-11-7-6-8-13(12(11)2)16-10-9-14(18)17-15(3,4)5/h6-8,16H,9-10H2,1-5H3,(H,17,18). The number of nitrogens with one attached hydrogen (secondary N) is 2. The van der Waals surface area contributed by atoms with Gasteiger partial charge < -0.3 is 10.6 Å². The Morgan fingerprint density at radius 3 is 2.50 bits per heavy atom. The third-order valence-corrected chi connectivity index (χ3v) is 2.79. The summed E-state index contributed by atoms with van der Waals surface area (Å²) in [5.74, 6) is 0.0836. The van der Waals surface area contributed by atoms with Gasteiger partial charge in [0, 0.05) is 24.2 Å². The Bertz CT molecular complexity index is 419. The predicted octanol–water partition coefficient (Wildman–Crippen LogP) is 3.02. The number of hydrogen-bond acceptors (Lipinski definition) is 2. The molecule has 3 heteroatoms. The highest BCUT2D eigenvalue weighted by atomic mass is 16.1. The fourth-order valence-electron chi connectivity index (χ4n) is 1.73. The van der Waals surface area contributed by atoms with E-state index in [0.717, 1.165) is 5.69 Å². The summed E-state index contributed by atoms with van der Waals surface area (Å²) in [6, 6.07) is 6.16. The molecule has 18 heavy (non-hydrogen) atoms. The first-order valence-corrected chi connectivity index (χ1v) is 6.41. The summed E-state index contributed by atoms with van der Waals surface area (Å²) in [4.78, 5) is 11.6. The van der Waals surface area contributed by atoms with Crippen molar-refractivity contribution in [3.63, 3.8) is 0 Å². The maximum Gasteiger partial charge on any atom is 0.222 e. The van der Waals surface area contributed by atoms with Crippen molar-refractivity contribution in [1.82, 2.24) is 5.32 Å². The van der Waals surface area contributed by atoms with Crippen LogP contribution < -0.4 is 10.6 Å². The quantitative estimate of drug-likeness (QED) is 0.860. The molecule has 0 heterocycles. The molecular formula is C15H24N2O. The summed E-state index contributed by atoms with van der Waals surface area (Å²) in [7, 11) is 0. The molecule has 100 valence electrons. The van der Waals surface area contributed by atoms with Gasteiger partial charge in [-0.1, -0.05) is 12.1 Å². The normalized spacial score (nSPS) is 11.2. The van der Waals surface area contributed by atoms with Gasteiger partial charge in [-0.2, -0.15) is 0 Å². The number of anilines is 1. The van der Waals surface area contributed by atoms with E-state index in [-0.39, 0.29) is 11.4 Å². The smallest absolute Gasteiger partial charge is 0.222 e. The second-order valence-corrected chi connectivity index (χ2v) is 5.72. The molecule has 0 aliphatic heterocycles. The van der Waals surface area contributed by atoms with Crippen LogP contribution in [0.5, 0.6) is 0 Å². The van der Waals surface area contributed by atoms with Gasteiger partial charge in [-0.05, 0) is 51.8 Å². The number of carbonyl (C=O) groups excluding carboxylic acids is 1. The lowest BCUT2D eigenvalue weighted by molar-refractivity contribution is -0.122. The molecule has 0 saturated carbocycles. The molecule has 0 atom stereocenters. The average Bonchev–Trinajstić information content (AvgIpc) is 2.21. The molecule has 0 spiro atoms. The Hall–Kier alpha value is -1.51. The van der Waals surface area contributed by atoms with Crippen molar-refractivity contribution in [2.75, 3.05) is 11.9 Å². The Morgan fingerprint density at radius 1 is 1.22 bits per heavy atom. The van der Waals surface area contributed by atoms with E-state index in [2.05, 4.69) is 30.5 Å². The molecule has 0 aromatic heterocycles. The van der Waals surface area contributed by atoms with Crippen molar-refractivity contribution >= 4 is 11.6 Å². The molecule has 0 fully saturated rings. The monoisotopic (exact) mass is 248 g/mol. The van der Waals surface area contributed by atoms with Crippen LogP contribution in [-0.4, -0.2) is 18.0 Å². The number of rotatable bonds is 4. The van der Waals surface area contributed by atoms with E-state index < -0.39 is 0 Å². The van der Waals surface area contributed by atoms with Crippen LogP contribution in [0.15, 0.2) is 18.2 Å². The third kappa shape index (κ3) is 4.78. The molecule has 0 saturated heterocycles. The van der Waals surface area contributed by atoms with Crippen LogP contribution in [0.2, 0.25) is 0 Å². The molecule has 1 aromatic rings. The third-order valence-electron chi connectivity index (χ3n) is 2.79. The van der Waals surface area contributed by atoms with Crippen molar-refractivity contribution in [1.29, 1.82) is 0 Å². The first-order valence-electron chi connectivity index (χ1n) is 6.41. The van der Waals surface area contributed by atoms with E-state index in [0.29, 0.717) is 13.0 Å². The van der Waals surface area contributed by atoms with Gasteiger partial charge in [0.2, 0.25) is 5.91 Å². The zero-order valence-corrected chi connectivity index (χ0v) is 12.1. The van der Waals surface area contributed by atoms with E-state index in [1.807, 2.05) is 32.9 Å². The predicted molar refractivity (Wildman–Crippen MR) is 76.9 cm³/mol. The van der Waals surface area contributed by atoms with E-state index in [4.69, 9.17) is 0 Å². The molecule has 0 bridgehead atoms. The fourth-order valence-corrected chi connectivity index (χ4v) is 1.73. The molecule has 1 rings (SSSR count). The summed E-state index contributed by atoms with van der Waals surface area (Å²) in [6.07, 6.45) is 0.491. The van der Waals surface area contributed by atoms with Crippen LogP contribution in [0.25, 0.3) is 0 Å². The summed E-state index contributed by atoms with van der Waals surface area (Å²) < 4.78 is 0. The van der Waals surface area contributed by atoms with Gasteiger partial charge in [0.25, 0.3) is 0 Å². The number of carbonyl (C=O) groups is 1. The van der Waals surface area contributed by atoms with Crippen molar-refractivity contribution in [3.8, 4) is 0 Å². The van der Waals surface area contributed by atoms with Gasteiger partial charge in [0.15, 0.2) is 0 Å². The lowest BCUT2D eigenvalue weighted by Crippen LogP contribution is -2.41. The molecule has 1 amide bonds. The molecule has 0 unspecified atom stereocenters. The molecule has 0 aliphatic rings. The molecule has 0 aliphatic carbocycles. The Kier molecular flexibility index (Phi) is 4.76. The summed E-state index contributed by atoms with van der Waals surface area (Å²) >= 11 is 0. The summed E-state index contributed by atoms with van der Waals surface area (Å²) in [5, 5.41) is 6.26. The minimum atomic E-state index is -0.156. The Balaban J connectivity index is 2.43. The number of amides is 1. The highest BCUT2D eigenvalue weighted by Crippen LogP contribution is 2.17. The maximum absolute atomic E-state index is 11.6. The second kappa shape index (κ2) is 5.89. The van der Waals surface area contributed by atoms with E-state index in [9.17, 15) is 4.79 Å². The molecule has 2 N–H and O–H groups in total. The summed E-state index contributed by atoms with van der Waals surface area (Å²) in [6.45, 7) is 10.8. The molecule has 0 radical (unpaired) electrons. The zero-order valence-electron chi connectivity index (χ0n) is 12.1. The van der Waals surface area contributed by atoms with E-state index in [1.54, 1.807) is 0 Å². The van der Waals surface area contributed by atoms with Gasteiger partial charge in [-0.25, -0.2) is 0 Å². The van der Waals surface area contributed by atoms with Gasteiger partial charge in [-0.15, -0.1) is 0 Å². The second-order valence-electron chi connectivity index (χ2n) is 5.72. The van der Waals surface area contributed by atoms with E-state index >= 15 is 0 Å². The number of aryl methyl sites for hydroxylation is 1. The van der Waals surface area contributed by atoms with Gasteiger partial charge in [0.1, 0.15) is 0 Å². The Labute approximate surface area is 110 Å². The van der Waals surface area contributed by atoms with Crippen molar-refractivity contribution in [3.05, 3.63) is 29.3 Å². The molecule has 1 aromatic carbocycles. The van der Waals surface area contributed by atoms with Crippen LogP contribution >= 0.6 is 0 Å². The Morgan fingerprint density at radius 2 is 1.89 bits per heavy atom. The summed E-state index contributed by atoms with van der Waals surface area (Å²) in [5.41, 5.74) is 3.46. The van der Waals surface area contributed by atoms with Gasteiger partial charge >= 0.3 is 0 Å². The number of benzene rings is 1. The highest BCUT2D eigenvalue weighted by molar-refractivity contribution is 5.77. The topological polar surface area (TPSA) is 41.1 Å². The lowest BCUT2D eigenvalue weighted by atomic mass is 10.1. The zero-order chi connectivity index (χ0) is 13.8. The first-order chi connectivity index (χ1) is 8.29. The minimum absolute atomic E-state index is 0.0836. The van der Waals surface area contributed by atoms with Crippen LogP contribution in [-0.2, 0) is 4.79 Å². The highest BCUT2D eigenvalue weighted by Gasteiger charge is 2.13. The minimum Gasteiger partial charge on any atom is -0.384 e. The van der Waals surface area contributed by atoms with E-state index in [1.165, 1.54) is 11.1 Å². The van der Waals surface area contributed by atoms with Crippen molar-refractivity contribution in [2.45, 2.75) is 46.6 Å². The maximum atomic E-state index is 11.6. The van der Waals surface area contributed by atoms with Gasteiger partial charge in [-0.3, -0.25) is 4.79 Å². The van der Waals surface area contributed by atoms with Crippen LogP contribution in [0.1, 0.15) is 38.3 Å². The van der Waals surface area contributed by atoms with Crippen molar-refractivity contribution < 1.29 is 4.79 Å². The van der Waals surface area contributed by atoms with Crippen LogP contribution in [0.4, 0.5) is 5.69 Å². The SMILES string of the molecule is Cc1cccc(NCCC(=O)NC(C)(C)C)c1C. The van der Waals surface area contributed by atoms with Crippen LogP contribution in [0, 0.1) is 13.8 Å². The largest absolute Gasteiger partial charge is 0.384 e. The fraction of sp³-hybridized carbons (Fsp3) is 0.533. The molecule has 3 nitrogen and oxygen atoms in total. The van der Waals surface area contributed by atoms with Gasteiger partial charge in [0.05, 0.1) is 0 Å². The lowest BCUT2D eigenvalue weighted by Gasteiger charge is -2.20. The number of hydrogen-bond donors (Lipinski definition) is 2. The average molecular weight is 248 g/mol. The van der Waals surface area contributed by atoms with Crippen LogP contribution in [0.3, 0.4) is 0 Å². The molecular weight excluding hydrogens is 224 g/mol.